The van der Waals surface area contributed by atoms with Gasteiger partial charge in [-0.15, -0.1) is 28.1 Å². The van der Waals surface area contributed by atoms with Crippen LogP contribution in [0.2, 0.25) is 0 Å². The molecule has 2 aromatic rings. The van der Waals surface area contributed by atoms with Gasteiger partial charge in [0.25, 0.3) is 0 Å². The van der Waals surface area contributed by atoms with Crippen LogP contribution in [-0.4, -0.2) is 20.5 Å². The number of nitrogens with zero attached hydrogens (tertiary/aromatic N) is 3. The zero-order valence-corrected chi connectivity index (χ0v) is 13.8. The Hall–Kier alpha value is -1.07. The van der Waals surface area contributed by atoms with E-state index >= 15 is 0 Å². The molecule has 0 amide bonds. The first-order valence-electron chi connectivity index (χ1n) is 7.58. The molecule has 1 fully saturated rings. The Balaban J connectivity index is 1.86. The van der Waals surface area contributed by atoms with Crippen molar-refractivity contribution in [2.45, 2.75) is 49.7 Å². The Kier molecular flexibility index (Phi) is 5.14. The fourth-order valence-corrected chi connectivity index (χ4v) is 4.40. The van der Waals surface area contributed by atoms with Crippen molar-refractivity contribution in [2.75, 3.05) is 5.75 Å². The molecule has 0 saturated heterocycles. The van der Waals surface area contributed by atoms with Gasteiger partial charge in [0.1, 0.15) is 5.82 Å². The second-order valence-electron chi connectivity index (χ2n) is 5.42. The molecule has 0 unspecified atom stereocenters. The maximum absolute atomic E-state index is 4.48. The largest absolute Gasteiger partial charge is 0.303 e. The van der Waals surface area contributed by atoms with E-state index in [0.717, 1.165) is 23.2 Å². The molecule has 0 atom stereocenters. The number of hydrogen-bond donors (Lipinski definition) is 0. The van der Waals surface area contributed by atoms with Crippen LogP contribution in [0.25, 0.3) is 0 Å². The number of rotatable bonds is 6. The first-order valence-corrected chi connectivity index (χ1v) is 9.45. The predicted molar refractivity (Wildman–Crippen MR) is 90.2 cm³/mol. The van der Waals surface area contributed by atoms with Crippen LogP contribution in [0.15, 0.2) is 35.3 Å². The van der Waals surface area contributed by atoms with Crippen LogP contribution in [0.5, 0.6) is 0 Å². The zero-order valence-electron chi connectivity index (χ0n) is 12.2. The Morgan fingerprint density at radius 1 is 1.33 bits per heavy atom. The lowest BCUT2D eigenvalue weighted by Crippen LogP contribution is -2.16. The van der Waals surface area contributed by atoms with Gasteiger partial charge >= 0.3 is 0 Å². The summed E-state index contributed by atoms with van der Waals surface area (Å²) in [6.45, 7) is 3.81. The van der Waals surface area contributed by atoms with Gasteiger partial charge in [-0.2, -0.15) is 0 Å². The summed E-state index contributed by atoms with van der Waals surface area (Å²) in [6, 6.07) is 4.87. The van der Waals surface area contributed by atoms with Crippen molar-refractivity contribution in [3.8, 4) is 0 Å². The van der Waals surface area contributed by atoms with E-state index in [1.165, 1.54) is 37.0 Å². The van der Waals surface area contributed by atoms with Gasteiger partial charge in [-0.1, -0.05) is 43.2 Å². The van der Waals surface area contributed by atoms with Crippen molar-refractivity contribution >= 4 is 23.1 Å². The summed E-state index contributed by atoms with van der Waals surface area (Å²) in [4.78, 5) is 1.36. The molecule has 0 aliphatic heterocycles. The highest BCUT2D eigenvalue weighted by Gasteiger charge is 2.22. The highest BCUT2D eigenvalue weighted by Crippen LogP contribution is 2.33. The molecule has 112 valence electrons. The van der Waals surface area contributed by atoms with Crippen molar-refractivity contribution in [1.29, 1.82) is 0 Å². The molecule has 2 aromatic heterocycles. The summed E-state index contributed by atoms with van der Waals surface area (Å²) in [5, 5.41) is 12.1. The van der Waals surface area contributed by atoms with Crippen molar-refractivity contribution in [3.63, 3.8) is 0 Å². The van der Waals surface area contributed by atoms with E-state index in [0.29, 0.717) is 6.04 Å². The SMILES string of the molecule is C=CCSc1nnc(Cc2cccs2)n1C1CCCCC1. The second-order valence-corrected chi connectivity index (χ2v) is 7.44. The van der Waals surface area contributed by atoms with E-state index in [-0.39, 0.29) is 0 Å². The van der Waals surface area contributed by atoms with Crippen molar-refractivity contribution in [3.05, 3.63) is 40.9 Å². The van der Waals surface area contributed by atoms with Crippen LogP contribution >= 0.6 is 23.1 Å². The molecule has 1 aliphatic carbocycles. The van der Waals surface area contributed by atoms with Crippen molar-refractivity contribution in [2.24, 2.45) is 0 Å². The summed E-state index contributed by atoms with van der Waals surface area (Å²) in [5.41, 5.74) is 0. The average molecular weight is 319 g/mol. The van der Waals surface area contributed by atoms with Crippen LogP contribution in [0, 0.1) is 0 Å². The Morgan fingerprint density at radius 3 is 2.90 bits per heavy atom. The van der Waals surface area contributed by atoms with Gasteiger partial charge in [-0.3, -0.25) is 0 Å². The Labute approximate surface area is 134 Å². The fraction of sp³-hybridized carbons (Fsp3) is 0.500. The highest BCUT2D eigenvalue weighted by molar-refractivity contribution is 7.99. The van der Waals surface area contributed by atoms with Gasteiger partial charge < -0.3 is 4.57 Å². The second kappa shape index (κ2) is 7.27. The molecular weight excluding hydrogens is 298 g/mol. The molecule has 5 heteroatoms. The molecular formula is C16H21N3S2. The number of thioether (sulfide) groups is 1. The van der Waals surface area contributed by atoms with Gasteiger partial charge in [-0.25, -0.2) is 0 Å². The summed E-state index contributed by atoms with van der Waals surface area (Å²) < 4.78 is 2.41. The molecule has 0 radical (unpaired) electrons. The fourth-order valence-electron chi connectivity index (χ4n) is 2.93. The molecule has 1 saturated carbocycles. The van der Waals surface area contributed by atoms with Crippen LogP contribution in [0.1, 0.15) is 48.8 Å². The molecule has 0 bridgehead atoms. The lowest BCUT2D eigenvalue weighted by atomic mass is 9.95. The first kappa shape index (κ1) is 14.9. The van der Waals surface area contributed by atoms with Crippen molar-refractivity contribution < 1.29 is 0 Å². The van der Waals surface area contributed by atoms with Gasteiger partial charge in [0.05, 0.1) is 0 Å². The molecule has 0 N–H and O–H groups in total. The molecule has 2 heterocycles. The molecule has 3 nitrogen and oxygen atoms in total. The molecule has 0 spiro atoms. The molecule has 3 rings (SSSR count). The van der Waals surface area contributed by atoms with E-state index in [4.69, 9.17) is 0 Å². The first-order chi connectivity index (χ1) is 10.4. The molecule has 1 aliphatic rings. The minimum atomic E-state index is 0.580. The van der Waals surface area contributed by atoms with Gasteiger partial charge in [-0.05, 0) is 24.3 Å². The topological polar surface area (TPSA) is 30.7 Å². The summed E-state index contributed by atoms with van der Waals surface area (Å²) in [7, 11) is 0. The highest BCUT2D eigenvalue weighted by atomic mass is 32.2. The van der Waals surface area contributed by atoms with Crippen LogP contribution in [0.4, 0.5) is 0 Å². The average Bonchev–Trinajstić information content (AvgIpc) is 3.16. The van der Waals surface area contributed by atoms with Gasteiger partial charge in [0.2, 0.25) is 0 Å². The maximum Gasteiger partial charge on any atom is 0.191 e. The molecule has 0 aromatic carbocycles. The summed E-state index contributed by atoms with van der Waals surface area (Å²) >= 11 is 3.54. The van der Waals surface area contributed by atoms with E-state index in [1.54, 1.807) is 23.1 Å². The quantitative estimate of drug-likeness (QED) is 0.570. The van der Waals surface area contributed by atoms with Crippen LogP contribution < -0.4 is 0 Å². The summed E-state index contributed by atoms with van der Waals surface area (Å²) in [5.74, 6) is 2.01. The van der Waals surface area contributed by atoms with E-state index in [1.807, 2.05) is 6.08 Å². The third-order valence-corrected chi connectivity index (χ3v) is 5.73. The van der Waals surface area contributed by atoms with E-state index in [2.05, 4.69) is 38.9 Å². The lowest BCUT2D eigenvalue weighted by Gasteiger charge is -2.25. The van der Waals surface area contributed by atoms with Gasteiger partial charge in [0, 0.05) is 23.1 Å². The van der Waals surface area contributed by atoms with Gasteiger partial charge in [0.15, 0.2) is 5.16 Å². The van der Waals surface area contributed by atoms with Crippen LogP contribution in [-0.2, 0) is 6.42 Å². The van der Waals surface area contributed by atoms with Crippen molar-refractivity contribution in [1.82, 2.24) is 14.8 Å². The number of thiophene rings is 1. The minimum Gasteiger partial charge on any atom is -0.303 e. The number of aromatic nitrogens is 3. The maximum atomic E-state index is 4.48. The van der Waals surface area contributed by atoms with Crippen LogP contribution in [0.3, 0.4) is 0 Å². The predicted octanol–water partition coefficient (Wildman–Crippen LogP) is 4.71. The zero-order chi connectivity index (χ0) is 14.5. The van der Waals surface area contributed by atoms with E-state index in [9.17, 15) is 0 Å². The Morgan fingerprint density at radius 2 is 2.19 bits per heavy atom. The molecule has 21 heavy (non-hydrogen) atoms. The standard InChI is InChI=1S/C16H21N3S2/c1-2-10-21-16-18-17-15(12-14-9-6-11-20-14)19(16)13-7-4-3-5-8-13/h2,6,9,11,13H,1,3-5,7-8,10,12H2. The number of hydrogen-bond acceptors (Lipinski definition) is 4. The smallest absolute Gasteiger partial charge is 0.191 e. The van der Waals surface area contributed by atoms with E-state index < -0.39 is 0 Å². The lowest BCUT2D eigenvalue weighted by molar-refractivity contribution is 0.330. The third-order valence-electron chi connectivity index (χ3n) is 3.92. The third kappa shape index (κ3) is 3.58. The Bertz CT molecular complexity index is 568. The monoisotopic (exact) mass is 319 g/mol. The minimum absolute atomic E-state index is 0.580. The summed E-state index contributed by atoms with van der Waals surface area (Å²) in [6.07, 6.45) is 9.38. The normalized spacial score (nSPS) is 16.2.